The van der Waals surface area contributed by atoms with Gasteiger partial charge in [0.2, 0.25) is 5.91 Å². The fraction of sp³-hybridized carbons (Fsp3) is 0.292. The van der Waals surface area contributed by atoms with E-state index < -0.39 is 0 Å². The van der Waals surface area contributed by atoms with Crippen LogP contribution in [0.4, 0.5) is 0 Å². The van der Waals surface area contributed by atoms with E-state index in [1.165, 1.54) is 0 Å². The summed E-state index contributed by atoms with van der Waals surface area (Å²) < 4.78 is 5.56. The Labute approximate surface area is 180 Å². The van der Waals surface area contributed by atoms with Crippen molar-refractivity contribution in [2.24, 2.45) is 0 Å². The van der Waals surface area contributed by atoms with Gasteiger partial charge < -0.3 is 9.42 Å². The second kappa shape index (κ2) is 8.44. The lowest BCUT2D eigenvalue weighted by Crippen LogP contribution is -2.36. The zero-order valence-electron chi connectivity index (χ0n) is 17.1. The lowest BCUT2D eigenvalue weighted by Gasteiger charge is -2.26. The van der Waals surface area contributed by atoms with Crippen LogP contribution in [0.15, 0.2) is 47.0 Å². The average molecular weight is 423 g/mol. The molecule has 0 saturated carbocycles. The van der Waals surface area contributed by atoms with Gasteiger partial charge in [-0.25, -0.2) is 0 Å². The Balaban J connectivity index is 1.38. The summed E-state index contributed by atoms with van der Waals surface area (Å²) in [5.74, 6) is 0.697. The van der Waals surface area contributed by atoms with Crippen molar-refractivity contribution in [3.63, 3.8) is 0 Å². The smallest absolute Gasteiger partial charge is 0.223 e. The van der Waals surface area contributed by atoms with E-state index in [0.29, 0.717) is 30.1 Å². The van der Waals surface area contributed by atoms with Gasteiger partial charge in [-0.1, -0.05) is 28.9 Å². The van der Waals surface area contributed by atoms with Crippen LogP contribution in [0.5, 0.6) is 0 Å². The molecule has 0 saturated heterocycles. The SMILES string of the molecule is Cc1ccc(C(=O)CCC(=O)N2CCc3c(noc3-c3ccc(Cl)cc3)C2)cc1C. The van der Waals surface area contributed by atoms with Gasteiger partial charge in [0.1, 0.15) is 5.69 Å². The summed E-state index contributed by atoms with van der Waals surface area (Å²) >= 11 is 5.96. The molecule has 1 aromatic heterocycles. The van der Waals surface area contributed by atoms with E-state index in [0.717, 1.165) is 33.7 Å². The van der Waals surface area contributed by atoms with Crippen molar-refractivity contribution >= 4 is 23.3 Å². The van der Waals surface area contributed by atoms with E-state index in [4.69, 9.17) is 16.1 Å². The number of aryl methyl sites for hydroxylation is 2. The molecule has 0 fully saturated rings. The van der Waals surface area contributed by atoms with E-state index in [9.17, 15) is 9.59 Å². The topological polar surface area (TPSA) is 63.4 Å². The number of Topliss-reactive ketones (excluding diaryl/α,β-unsaturated/α-hetero) is 1. The van der Waals surface area contributed by atoms with Gasteiger partial charge in [-0.3, -0.25) is 9.59 Å². The molecule has 1 aliphatic heterocycles. The molecule has 2 aromatic carbocycles. The summed E-state index contributed by atoms with van der Waals surface area (Å²) in [5.41, 5.74) is 5.63. The third-order valence-electron chi connectivity index (χ3n) is 5.70. The maximum absolute atomic E-state index is 12.7. The number of benzene rings is 2. The van der Waals surface area contributed by atoms with Crippen LogP contribution >= 0.6 is 11.6 Å². The first kappa shape index (κ1) is 20.4. The summed E-state index contributed by atoms with van der Waals surface area (Å²) in [6.45, 7) is 4.99. The Kier molecular flexibility index (Phi) is 5.73. The number of rotatable bonds is 5. The van der Waals surface area contributed by atoms with Crippen molar-refractivity contribution < 1.29 is 14.1 Å². The first-order valence-electron chi connectivity index (χ1n) is 10.0. The van der Waals surface area contributed by atoms with Crippen LogP contribution in [0, 0.1) is 13.8 Å². The van der Waals surface area contributed by atoms with Gasteiger partial charge in [0.25, 0.3) is 0 Å². The molecule has 6 heteroatoms. The van der Waals surface area contributed by atoms with Gasteiger partial charge in [-0.15, -0.1) is 0 Å². The minimum absolute atomic E-state index is 0.00407. The molecule has 4 rings (SSSR count). The predicted octanol–water partition coefficient (Wildman–Crippen LogP) is 5.16. The molecule has 0 unspecified atom stereocenters. The number of hydrogen-bond donors (Lipinski definition) is 0. The van der Waals surface area contributed by atoms with Gasteiger partial charge in [-0.2, -0.15) is 0 Å². The number of nitrogens with zero attached hydrogens (tertiary/aromatic N) is 2. The summed E-state index contributed by atoms with van der Waals surface area (Å²) in [7, 11) is 0. The van der Waals surface area contributed by atoms with Gasteiger partial charge >= 0.3 is 0 Å². The van der Waals surface area contributed by atoms with E-state index in [1.54, 1.807) is 4.90 Å². The van der Waals surface area contributed by atoms with E-state index >= 15 is 0 Å². The lowest BCUT2D eigenvalue weighted by atomic mass is 9.99. The van der Waals surface area contributed by atoms with Gasteiger partial charge in [-0.05, 0) is 61.7 Å². The van der Waals surface area contributed by atoms with Crippen molar-refractivity contribution in [3.05, 3.63) is 75.4 Å². The Bertz CT molecular complexity index is 1100. The van der Waals surface area contributed by atoms with Gasteiger partial charge in [0, 0.05) is 41.1 Å². The van der Waals surface area contributed by atoms with Crippen LogP contribution in [-0.2, 0) is 17.8 Å². The van der Waals surface area contributed by atoms with Gasteiger partial charge in [0.05, 0.1) is 6.54 Å². The molecular weight excluding hydrogens is 400 g/mol. The van der Waals surface area contributed by atoms with E-state index in [1.807, 2.05) is 56.3 Å². The second-order valence-corrected chi connectivity index (χ2v) is 8.17. The highest BCUT2D eigenvalue weighted by Gasteiger charge is 2.27. The Hall–Kier alpha value is -2.92. The van der Waals surface area contributed by atoms with Crippen molar-refractivity contribution in [3.8, 4) is 11.3 Å². The van der Waals surface area contributed by atoms with Crippen LogP contribution in [0.25, 0.3) is 11.3 Å². The molecular formula is C24H23ClN2O3. The fourth-order valence-electron chi connectivity index (χ4n) is 3.71. The molecule has 0 N–H and O–H groups in total. The number of ketones is 1. The maximum Gasteiger partial charge on any atom is 0.223 e. The number of fused-ring (bicyclic) bond motifs is 1. The molecule has 0 bridgehead atoms. The molecule has 1 amide bonds. The zero-order valence-corrected chi connectivity index (χ0v) is 17.8. The fourth-order valence-corrected chi connectivity index (χ4v) is 3.84. The van der Waals surface area contributed by atoms with Crippen LogP contribution in [-0.4, -0.2) is 28.3 Å². The third-order valence-corrected chi connectivity index (χ3v) is 5.95. The molecule has 1 aliphatic rings. The molecule has 154 valence electrons. The summed E-state index contributed by atoms with van der Waals surface area (Å²) in [6.07, 6.45) is 1.08. The largest absolute Gasteiger partial charge is 0.356 e. The molecule has 0 radical (unpaired) electrons. The number of aromatic nitrogens is 1. The monoisotopic (exact) mass is 422 g/mol. The maximum atomic E-state index is 12.7. The molecule has 3 aromatic rings. The lowest BCUT2D eigenvalue weighted by molar-refractivity contribution is -0.132. The molecule has 5 nitrogen and oxygen atoms in total. The summed E-state index contributed by atoms with van der Waals surface area (Å²) in [5, 5.41) is 4.85. The highest BCUT2D eigenvalue weighted by Crippen LogP contribution is 2.31. The summed E-state index contributed by atoms with van der Waals surface area (Å²) in [6, 6.07) is 13.1. The van der Waals surface area contributed by atoms with Crippen molar-refractivity contribution in [1.29, 1.82) is 0 Å². The normalized spacial score (nSPS) is 13.2. The number of halogens is 1. The van der Waals surface area contributed by atoms with Crippen LogP contribution in [0.1, 0.15) is 45.6 Å². The van der Waals surface area contributed by atoms with E-state index in [-0.39, 0.29) is 24.5 Å². The molecule has 30 heavy (non-hydrogen) atoms. The van der Waals surface area contributed by atoms with Crippen LogP contribution in [0.2, 0.25) is 5.02 Å². The minimum atomic E-state index is -0.0334. The van der Waals surface area contributed by atoms with Crippen LogP contribution < -0.4 is 0 Å². The van der Waals surface area contributed by atoms with Crippen molar-refractivity contribution in [2.75, 3.05) is 6.54 Å². The van der Waals surface area contributed by atoms with Gasteiger partial charge in [0.15, 0.2) is 11.5 Å². The first-order valence-corrected chi connectivity index (χ1v) is 10.4. The standard InChI is InChI=1S/C24H23ClN2O3/c1-15-3-4-18(13-16(15)2)22(28)9-10-23(29)27-12-11-20-21(14-27)26-30-24(20)17-5-7-19(25)8-6-17/h3-8,13H,9-12,14H2,1-2H3. The quantitative estimate of drug-likeness (QED) is 0.533. The van der Waals surface area contributed by atoms with E-state index in [2.05, 4.69) is 5.16 Å². The Morgan fingerprint density at radius 2 is 1.83 bits per heavy atom. The highest BCUT2D eigenvalue weighted by atomic mass is 35.5. The minimum Gasteiger partial charge on any atom is -0.356 e. The summed E-state index contributed by atoms with van der Waals surface area (Å²) in [4.78, 5) is 26.9. The zero-order chi connectivity index (χ0) is 21.3. The van der Waals surface area contributed by atoms with Crippen LogP contribution in [0.3, 0.4) is 0 Å². The molecule has 2 heterocycles. The second-order valence-electron chi connectivity index (χ2n) is 7.73. The number of carbonyl (C=O) groups is 2. The molecule has 0 aliphatic carbocycles. The predicted molar refractivity (Wildman–Crippen MR) is 116 cm³/mol. The van der Waals surface area contributed by atoms with Crippen molar-refractivity contribution in [2.45, 2.75) is 39.7 Å². The first-order chi connectivity index (χ1) is 14.4. The number of carbonyl (C=O) groups excluding carboxylic acids is 2. The Morgan fingerprint density at radius 1 is 1.07 bits per heavy atom. The molecule has 0 spiro atoms. The third kappa shape index (κ3) is 4.17. The highest BCUT2D eigenvalue weighted by molar-refractivity contribution is 6.30. The Morgan fingerprint density at radius 3 is 2.57 bits per heavy atom. The van der Waals surface area contributed by atoms with Crippen molar-refractivity contribution in [1.82, 2.24) is 10.1 Å². The molecule has 0 atom stereocenters. The average Bonchev–Trinajstić information content (AvgIpc) is 3.17. The number of hydrogen-bond acceptors (Lipinski definition) is 4. The number of amides is 1.